The van der Waals surface area contributed by atoms with E-state index in [1.54, 1.807) is 6.20 Å². The fourth-order valence-corrected chi connectivity index (χ4v) is 2.01. The number of halogens is 1. The molecule has 0 spiro atoms. The number of hydrogen-bond acceptors (Lipinski definition) is 7. The van der Waals surface area contributed by atoms with Crippen molar-refractivity contribution in [2.75, 3.05) is 30.0 Å². The Hall–Kier alpha value is -1.43. The lowest BCUT2D eigenvalue weighted by atomic mass is 10.3. The van der Waals surface area contributed by atoms with Crippen LogP contribution in [0, 0.1) is 11.3 Å². The summed E-state index contributed by atoms with van der Waals surface area (Å²) in [4.78, 5) is 10.2. The predicted molar refractivity (Wildman–Crippen MR) is 65.1 cm³/mol. The van der Waals surface area contributed by atoms with E-state index in [0.29, 0.717) is 31.5 Å². The summed E-state index contributed by atoms with van der Waals surface area (Å²) in [5.41, 5.74) is 2.39. The van der Waals surface area contributed by atoms with Gasteiger partial charge in [0, 0.05) is 12.7 Å². The standard InChI is InChI=1S/C9H11BrN6O/c10-7-4-13-9(15-12)14-8(7)16-1-2-17-6(3-11)5-16/h4,6H,1-2,5,12H2,(H,13,14,15). The molecule has 1 aliphatic heterocycles. The van der Waals surface area contributed by atoms with Crippen molar-refractivity contribution < 1.29 is 4.74 Å². The van der Waals surface area contributed by atoms with Crippen molar-refractivity contribution >= 4 is 27.7 Å². The number of nitrogen functional groups attached to an aromatic ring is 1. The van der Waals surface area contributed by atoms with Crippen molar-refractivity contribution in [1.82, 2.24) is 9.97 Å². The molecule has 90 valence electrons. The zero-order chi connectivity index (χ0) is 12.3. The Balaban J connectivity index is 2.24. The molecule has 0 bridgehead atoms. The second-order valence-corrected chi connectivity index (χ2v) is 4.30. The van der Waals surface area contributed by atoms with Crippen LogP contribution in [0.25, 0.3) is 0 Å². The number of hydrazine groups is 1. The maximum Gasteiger partial charge on any atom is 0.239 e. The molecule has 1 aromatic rings. The molecule has 1 saturated heterocycles. The highest BCUT2D eigenvalue weighted by atomic mass is 79.9. The van der Waals surface area contributed by atoms with E-state index in [1.807, 2.05) is 4.90 Å². The van der Waals surface area contributed by atoms with E-state index in [2.05, 4.69) is 37.4 Å². The van der Waals surface area contributed by atoms with Crippen LogP contribution in [0.15, 0.2) is 10.7 Å². The highest BCUT2D eigenvalue weighted by Crippen LogP contribution is 2.25. The Kier molecular flexibility index (Phi) is 3.73. The van der Waals surface area contributed by atoms with E-state index in [0.717, 1.165) is 4.47 Å². The van der Waals surface area contributed by atoms with Crippen LogP contribution in [-0.2, 0) is 4.74 Å². The Bertz CT molecular complexity index is 448. The number of anilines is 2. The first-order valence-electron chi connectivity index (χ1n) is 5.00. The monoisotopic (exact) mass is 298 g/mol. The van der Waals surface area contributed by atoms with Gasteiger partial charge in [0.2, 0.25) is 5.95 Å². The topological polar surface area (TPSA) is 100 Å². The first-order chi connectivity index (χ1) is 8.24. The van der Waals surface area contributed by atoms with Gasteiger partial charge in [-0.25, -0.2) is 10.8 Å². The molecular formula is C9H11BrN6O. The van der Waals surface area contributed by atoms with Crippen LogP contribution in [-0.4, -0.2) is 35.8 Å². The van der Waals surface area contributed by atoms with Gasteiger partial charge < -0.3 is 9.64 Å². The SMILES string of the molecule is N#CC1CN(c2nc(NN)ncc2Br)CCO1. The van der Waals surface area contributed by atoms with Crippen molar-refractivity contribution in [3.8, 4) is 6.07 Å². The highest BCUT2D eigenvalue weighted by molar-refractivity contribution is 9.10. The van der Waals surface area contributed by atoms with Gasteiger partial charge in [0.1, 0.15) is 5.82 Å². The Labute approximate surface area is 107 Å². The van der Waals surface area contributed by atoms with Crippen LogP contribution < -0.4 is 16.2 Å². The summed E-state index contributed by atoms with van der Waals surface area (Å²) >= 11 is 3.38. The molecule has 0 radical (unpaired) electrons. The molecule has 2 heterocycles. The van der Waals surface area contributed by atoms with E-state index in [1.165, 1.54) is 0 Å². The maximum atomic E-state index is 8.85. The zero-order valence-electron chi connectivity index (χ0n) is 8.93. The maximum absolute atomic E-state index is 8.85. The molecule has 1 aromatic heterocycles. The summed E-state index contributed by atoms with van der Waals surface area (Å²) in [6.07, 6.45) is 1.19. The van der Waals surface area contributed by atoms with Crippen LogP contribution in [0.5, 0.6) is 0 Å². The molecule has 1 atom stereocenters. The Morgan fingerprint density at radius 1 is 1.71 bits per heavy atom. The summed E-state index contributed by atoms with van der Waals surface area (Å²) in [5, 5.41) is 8.85. The molecular weight excluding hydrogens is 288 g/mol. The minimum atomic E-state index is -0.431. The van der Waals surface area contributed by atoms with Crippen LogP contribution in [0.3, 0.4) is 0 Å². The van der Waals surface area contributed by atoms with Gasteiger partial charge in [-0.15, -0.1) is 0 Å². The van der Waals surface area contributed by atoms with Gasteiger partial charge in [-0.05, 0) is 15.9 Å². The fourth-order valence-electron chi connectivity index (χ4n) is 1.57. The molecule has 0 amide bonds. The molecule has 17 heavy (non-hydrogen) atoms. The molecule has 0 aliphatic carbocycles. The third kappa shape index (κ3) is 2.63. The summed E-state index contributed by atoms with van der Waals surface area (Å²) in [7, 11) is 0. The lowest BCUT2D eigenvalue weighted by molar-refractivity contribution is 0.0761. The number of morpholine rings is 1. The highest BCUT2D eigenvalue weighted by Gasteiger charge is 2.23. The molecule has 1 aliphatic rings. The molecule has 1 fully saturated rings. The summed E-state index contributed by atoms with van der Waals surface area (Å²) in [6.45, 7) is 1.66. The fraction of sp³-hybridized carbons (Fsp3) is 0.444. The van der Waals surface area contributed by atoms with Gasteiger partial charge in [0.15, 0.2) is 6.10 Å². The number of nitrogens with two attached hydrogens (primary N) is 1. The first-order valence-corrected chi connectivity index (χ1v) is 5.79. The van der Waals surface area contributed by atoms with Gasteiger partial charge >= 0.3 is 0 Å². The van der Waals surface area contributed by atoms with Gasteiger partial charge in [-0.2, -0.15) is 10.2 Å². The lowest BCUT2D eigenvalue weighted by Crippen LogP contribution is -2.42. The summed E-state index contributed by atoms with van der Waals surface area (Å²) in [6, 6.07) is 2.09. The third-order valence-corrected chi connectivity index (χ3v) is 2.92. The molecule has 2 rings (SSSR count). The van der Waals surface area contributed by atoms with Crippen molar-refractivity contribution in [1.29, 1.82) is 5.26 Å². The number of aromatic nitrogens is 2. The van der Waals surface area contributed by atoms with E-state index in [4.69, 9.17) is 15.8 Å². The lowest BCUT2D eigenvalue weighted by Gasteiger charge is -2.31. The smallest absolute Gasteiger partial charge is 0.239 e. The van der Waals surface area contributed by atoms with E-state index < -0.39 is 6.10 Å². The zero-order valence-corrected chi connectivity index (χ0v) is 10.5. The average molecular weight is 299 g/mol. The van der Waals surface area contributed by atoms with E-state index in [9.17, 15) is 0 Å². The van der Waals surface area contributed by atoms with Crippen molar-refractivity contribution in [3.05, 3.63) is 10.7 Å². The molecule has 0 saturated carbocycles. The number of hydrogen-bond donors (Lipinski definition) is 2. The van der Waals surface area contributed by atoms with Crippen molar-refractivity contribution in [3.63, 3.8) is 0 Å². The Morgan fingerprint density at radius 3 is 3.24 bits per heavy atom. The third-order valence-electron chi connectivity index (χ3n) is 2.36. The quantitative estimate of drug-likeness (QED) is 0.596. The first kappa shape index (κ1) is 12.0. The van der Waals surface area contributed by atoms with Crippen LogP contribution in [0.2, 0.25) is 0 Å². The largest absolute Gasteiger partial charge is 0.360 e. The van der Waals surface area contributed by atoms with E-state index in [-0.39, 0.29) is 0 Å². The van der Waals surface area contributed by atoms with Gasteiger partial charge in [0.25, 0.3) is 0 Å². The molecule has 7 nitrogen and oxygen atoms in total. The van der Waals surface area contributed by atoms with Crippen LogP contribution in [0.4, 0.5) is 11.8 Å². The molecule has 8 heteroatoms. The average Bonchev–Trinajstić information content (AvgIpc) is 2.39. The van der Waals surface area contributed by atoms with Crippen LogP contribution in [0.1, 0.15) is 0 Å². The molecule has 1 unspecified atom stereocenters. The second-order valence-electron chi connectivity index (χ2n) is 3.44. The van der Waals surface area contributed by atoms with Gasteiger partial charge in [0.05, 0.1) is 23.7 Å². The normalized spacial score (nSPS) is 19.8. The minimum absolute atomic E-state index is 0.336. The number of rotatable bonds is 2. The predicted octanol–water partition coefficient (Wildman–Crippen LogP) is 0.253. The van der Waals surface area contributed by atoms with Gasteiger partial charge in [-0.1, -0.05) is 0 Å². The number of nitrogens with zero attached hydrogens (tertiary/aromatic N) is 4. The molecule has 3 N–H and O–H groups in total. The minimum Gasteiger partial charge on any atom is -0.360 e. The second kappa shape index (κ2) is 5.27. The van der Waals surface area contributed by atoms with E-state index >= 15 is 0 Å². The van der Waals surface area contributed by atoms with Crippen molar-refractivity contribution in [2.24, 2.45) is 5.84 Å². The van der Waals surface area contributed by atoms with Gasteiger partial charge in [-0.3, -0.25) is 5.43 Å². The summed E-state index contributed by atoms with van der Waals surface area (Å²) < 4.78 is 6.03. The number of nitriles is 1. The molecule has 0 aromatic carbocycles. The number of nitrogens with one attached hydrogen (secondary N) is 1. The Morgan fingerprint density at radius 2 is 2.53 bits per heavy atom. The van der Waals surface area contributed by atoms with Crippen molar-refractivity contribution in [2.45, 2.75) is 6.10 Å². The summed E-state index contributed by atoms with van der Waals surface area (Å²) in [5.74, 6) is 6.31. The van der Waals surface area contributed by atoms with Crippen LogP contribution >= 0.6 is 15.9 Å². The number of ether oxygens (including phenoxy) is 1.